The summed E-state index contributed by atoms with van der Waals surface area (Å²) in [5, 5.41) is 0. The van der Waals surface area contributed by atoms with Crippen LogP contribution in [0.4, 0.5) is 10.3 Å². The zero-order chi connectivity index (χ0) is 19.6. The van der Waals surface area contributed by atoms with Gasteiger partial charge in [0.15, 0.2) is 22.7 Å². The molecule has 1 unspecified atom stereocenters. The van der Waals surface area contributed by atoms with E-state index in [-0.39, 0.29) is 35.2 Å². The van der Waals surface area contributed by atoms with Gasteiger partial charge in [-0.05, 0) is 20.8 Å². The molecule has 0 saturated heterocycles. The molecule has 3 atom stereocenters. The predicted octanol–water partition coefficient (Wildman–Crippen LogP) is 1.75. The standard InChI is InChI=1S/C14H17FN5O6P/c1-6(2)25-27(22)23-4-7-9(26-27)14(3,15)12(24-7)20-5-17-8-10(20)18-13(16)19-11(8)21/h5-6,12H,4H2,1-3H3,(H3,16,18,19,21)/t12-,14?,27-/m1/s1. The number of fused-ring (bicyclic) bond motifs is 1. The Morgan fingerprint density at radius 1 is 1.56 bits per heavy atom. The van der Waals surface area contributed by atoms with Crippen molar-refractivity contribution in [2.24, 2.45) is 0 Å². The highest BCUT2D eigenvalue weighted by Crippen LogP contribution is 2.61. The van der Waals surface area contributed by atoms with Crippen LogP contribution in [0, 0.1) is 0 Å². The number of nitrogen functional groups attached to an aromatic ring is 1. The van der Waals surface area contributed by atoms with Gasteiger partial charge in [-0.1, -0.05) is 0 Å². The van der Waals surface area contributed by atoms with E-state index in [1.54, 1.807) is 13.8 Å². The number of H-pyrrole nitrogens is 1. The van der Waals surface area contributed by atoms with Crippen LogP contribution in [0.15, 0.2) is 22.6 Å². The van der Waals surface area contributed by atoms with Crippen LogP contribution < -0.4 is 11.3 Å². The van der Waals surface area contributed by atoms with Gasteiger partial charge >= 0.3 is 7.82 Å². The first-order valence-corrected chi connectivity index (χ1v) is 9.51. The van der Waals surface area contributed by atoms with Crippen LogP contribution in [-0.2, 0) is 22.9 Å². The molecule has 0 spiro atoms. The normalized spacial score (nSPS) is 30.5. The number of halogens is 1. The summed E-state index contributed by atoms with van der Waals surface area (Å²) in [6.07, 6.45) is -0.577. The highest BCUT2D eigenvalue weighted by molar-refractivity contribution is 7.48. The number of nitrogens with one attached hydrogen (secondary N) is 1. The first-order chi connectivity index (χ1) is 12.6. The minimum atomic E-state index is -3.98. The SMILES string of the molecule is CC(C)O[P@@]1(=O)OCC2=C(O1)C(C)(F)[C@H](n1cnc3c(=O)[nH]c(N)nc31)O2. The molecule has 2 aromatic rings. The van der Waals surface area contributed by atoms with Gasteiger partial charge < -0.3 is 15.0 Å². The number of ether oxygens (including phenoxy) is 1. The molecule has 4 rings (SSSR count). The summed E-state index contributed by atoms with van der Waals surface area (Å²) in [5.74, 6) is -0.411. The Morgan fingerprint density at radius 2 is 2.30 bits per heavy atom. The third-order valence-electron chi connectivity index (χ3n) is 4.01. The number of phosphoric ester groups is 1. The van der Waals surface area contributed by atoms with Crippen molar-refractivity contribution in [3.63, 3.8) is 0 Å². The van der Waals surface area contributed by atoms with Crippen molar-refractivity contribution in [2.75, 3.05) is 12.3 Å². The van der Waals surface area contributed by atoms with Crippen LogP contribution in [0.25, 0.3) is 11.2 Å². The first-order valence-electron chi connectivity index (χ1n) is 8.05. The molecule has 27 heavy (non-hydrogen) atoms. The Hall–Kier alpha value is -2.43. The molecule has 4 heterocycles. The van der Waals surface area contributed by atoms with E-state index in [0.29, 0.717) is 0 Å². The van der Waals surface area contributed by atoms with Crippen molar-refractivity contribution in [1.29, 1.82) is 0 Å². The van der Waals surface area contributed by atoms with E-state index >= 15 is 4.39 Å². The van der Waals surface area contributed by atoms with Gasteiger partial charge in [-0.2, -0.15) is 4.98 Å². The van der Waals surface area contributed by atoms with E-state index in [2.05, 4.69) is 15.0 Å². The number of nitrogens with two attached hydrogens (primary N) is 1. The van der Waals surface area contributed by atoms with E-state index in [4.69, 9.17) is 24.0 Å². The molecule has 2 aromatic heterocycles. The van der Waals surface area contributed by atoms with Gasteiger partial charge in [0.1, 0.15) is 12.9 Å². The van der Waals surface area contributed by atoms with E-state index < -0.39 is 31.4 Å². The van der Waals surface area contributed by atoms with Crippen molar-refractivity contribution in [2.45, 2.75) is 38.8 Å². The summed E-state index contributed by atoms with van der Waals surface area (Å²) in [5.41, 5.74) is 2.74. The number of aromatic nitrogens is 4. The number of phosphoric acid groups is 1. The second-order valence-electron chi connectivity index (χ2n) is 6.54. The Balaban J connectivity index is 1.73. The van der Waals surface area contributed by atoms with Gasteiger partial charge in [0.05, 0.1) is 6.10 Å². The number of hydrogen-bond donors (Lipinski definition) is 2. The van der Waals surface area contributed by atoms with E-state index in [1.807, 2.05) is 0 Å². The lowest BCUT2D eigenvalue weighted by atomic mass is 10.1. The topological polar surface area (TPSA) is 144 Å². The molecule has 146 valence electrons. The van der Waals surface area contributed by atoms with E-state index in [1.165, 1.54) is 17.8 Å². The number of hydrogen-bond acceptors (Lipinski definition) is 9. The van der Waals surface area contributed by atoms with Crippen LogP contribution in [0.1, 0.15) is 27.0 Å². The molecule has 0 amide bonds. The second-order valence-corrected chi connectivity index (χ2v) is 8.09. The molecule has 2 aliphatic rings. The van der Waals surface area contributed by atoms with Crippen LogP contribution >= 0.6 is 7.82 Å². The van der Waals surface area contributed by atoms with E-state index in [0.717, 1.165) is 0 Å². The van der Waals surface area contributed by atoms with Crippen LogP contribution in [0.3, 0.4) is 0 Å². The van der Waals surface area contributed by atoms with Crippen LogP contribution in [-0.4, -0.2) is 37.9 Å². The fraction of sp³-hybridized carbons (Fsp3) is 0.500. The highest BCUT2D eigenvalue weighted by atomic mass is 31.2. The maximum Gasteiger partial charge on any atom is 0.530 e. The Kier molecular flexibility index (Phi) is 3.85. The molecule has 0 fully saturated rings. The average molecular weight is 401 g/mol. The highest BCUT2D eigenvalue weighted by Gasteiger charge is 2.56. The summed E-state index contributed by atoms with van der Waals surface area (Å²) in [7, 11) is -3.98. The zero-order valence-electron chi connectivity index (χ0n) is 14.6. The minimum absolute atomic E-state index is 0.0283. The quantitative estimate of drug-likeness (QED) is 0.735. The Bertz CT molecular complexity index is 1060. The molecule has 0 radical (unpaired) electrons. The van der Waals surface area contributed by atoms with Gasteiger partial charge in [-0.3, -0.25) is 23.4 Å². The summed E-state index contributed by atoms with van der Waals surface area (Å²) in [6.45, 7) is 4.18. The molecule has 0 saturated carbocycles. The predicted molar refractivity (Wildman–Crippen MR) is 90.1 cm³/mol. The fourth-order valence-electron chi connectivity index (χ4n) is 2.94. The van der Waals surface area contributed by atoms with Crippen molar-refractivity contribution in [1.82, 2.24) is 19.5 Å². The third kappa shape index (κ3) is 2.80. The third-order valence-corrected chi connectivity index (χ3v) is 5.55. The van der Waals surface area contributed by atoms with Crippen molar-refractivity contribution >= 4 is 24.9 Å². The fourth-order valence-corrected chi connectivity index (χ4v) is 4.39. The lowest BCUT2D eigenvalue weighted by Gasteiger charge is -2.28. The molecule has 3 N–H and O–H groups in total. The Labute approximate surface area is 151 Å². The minimum Gasteiger partial charge on any atom is -0.464 e. The maximum absolute atomic E-state index is 15.7. The molecular formula is C14H17FN5O6P. The molecule has 0 aromatic carbocycles. The molecule has 11 nitrogen and oxygen atoms in total. The number of imidazole rings is 1. The summed E-state index contributed by atoms with van der Waals surface area (Å²) in [4.78, 5) is 22.2. The summed E-state index contributed by atoms with van der Waals surface area (Å²) in [6, 6.07) is 0. The maximum atomic E-state index is 15.7. The largest absolute Gasteiger partial charge is 0.530 e. The van der Waals surface area contributed by atoms with Gasteiger partial charge in [-0.15, -0.1) is 0 Å². The summed E-state index contributed by atoms with van der Waals surface area (Å²) >= 11 is 0. The summed E-state index contributed by atoms with van der Waals surface area (Å²) < 4.78 is 50.6. The van der Waals surface area contributed by atoms with Gasteiger partial charge in [-0.25, -0.2) is 13.9 Å². The lowest BCUT2D eigenvalue weighted by Crippen LogP contribution is -2.32. The van der Waals surface area contributed by atoms with Gasteiger partial charge in [0, 0.05) is 0 Å². The first kappa shape index (κ1) is 18.0. The second kappa shape index (κ2) is 5.78. The number of aromatic amines is 1. The van der Waals surface area contributed by atoms with Crippen molar-refractivity contribution < 1.29 is 27.3 Å². The lowest BCUT2D eigenvalue weighted by molar-refractivity contribution is -0.0196. The number of nitrogens with zero attached hydrogens (tertiary/aromatic N) is 3. The smallest absolute Gasteiger partial charge is 0.464 e. The van der Waals surface area contributed by atoms with Gasteiger partial charge in [0.2, 0.25) is 17.8 Å². The van der Waals surface area contributed by atoms with Crippen LogP contribution in [0.5, 0.6) is 0 Å². The Morgan fingerprint density at radius 3 is 3.00 bits per heavy atom. The molecule has 0 aliphatic carbocycles. The monoisotopic (exact) mass is 401 g/mol. The van der Waals surface area contributed by atoms with Crippen molar-refractivity contribution in [3.8, 4) is 0 Å². The number of anilines is 1. The van der Waals surface area contributed by atoms with E-state index in [9.17, 15) is 9.36 Å². The van der Waals surface area contributed by atoms with Crippen molar-refractivity contribution in [3.05, 3.63) is 28.2 Å². The molecule has 2 aliphatic heterocycles. The number of alkyl halides is 1. The molecular weight excluding hydrogens is 384 g/mol. The number of rotatable bonds is 3. The zero-order valence-corrected chi connectivity index (χ0v) is 15.5. The molecule has 13 heteroatoms. The van der Waals surface area contributed by atoms with Crippen LogP contribution in [0.2, 0.25) is 0 Å². The molecule has 0 bridgehead atoms. The average Bonchev–Trinajstić information content (AvgIpc) is 3.05. The van der Waals surface area contributed by atoms with Gasteiger partial charge in [0.25, 0.3) is 5.56 Å².